The highest BCUT2D eigenvalue weighted by Gasteiger charge is 2.08. The normalized spacial score (nSPS) is 10.7. The summed E-state index contributed by atoms with van der Waals surface area (Å²) >= 11 is 8.48. The summed E-state index contributed by atoms with van der Waals surface area (Å²) < 4.78 is 6.04. The van der Waals surface area contributed by atoms with E-state index in [9.17, 15) is 5.11 Å². The van der Waals surface area contributed by atoms with Crippen LogP contribution in [-0.2, 0) is 6.54 Å². The van der Waals surface area contributed by atoms with E-state index < -0.39 is 0 Å². The number of hydrogen-bond donors (Lipinski definition) is 2. The largest absolute Gasteiger partial charge is 0.507 e. The van der Waals surface area contributed by atoms with Gasteiger partial charge in [-0.2, -0.15) is 5.10 Å². The summed E-state index contributed by atoms with van der Waals surface area (Å²) in [5.74, 6) is 0.889. The third kappa shape index (κ3) is 4.67. The van der Waals surface area contributed by atoms with Crippen LogP contribution >= 0.6 is 28.1 Å². The number of para-hydroxylation sites is 1. The Morgan fingerprint density at radius 1 is 1.39 bits per heavy atom. The summed E-state index contributed by atoms with van der Waals surface area (Å²) in [7, 11) is 1.61. The highest BCUT2D eigenvalue weighted by atomic mass is 79.9. The highest BCUT2D eigenvalue weighted by Crippen LogP contribution is 2.26. The molecule has 0 fully saturated rings. The second-order valence-electron chi connectivity index (χ2n) is 4.67. The number of benzene rings is 2. The number of nitrogens with two attached hydrogens (primary N) is 1. The number of aromatic hydroxyl groups is 1. The van der Waals surface area contributed by atoms with Gasteiger partial charge in [0.25, 0.3) is 0 Å². The minimum absolute atomic E-state index is 0.142. The van der Waals surface area contributed by atoms with Crippen LogP contribution in [-0.4, -0.2) is 28.6 Å². The molecule has 5 nitrogen and oxygen atoms in total. The summed E-state index contributed by atoms with van der Waals surface area (Å²) in [4.78, 5) is 0. The van der Waals surface area contributed by atoms with Gasteiger partial charge >= 0.3 is 0 Å². The molecule has 0 spiro atoms. The third-order valence-electron chi connectivity index (χ3n) is 3.08. The van der Waals surface area contributed by atoms with Crippen LogP contribution in [0.15, 0.2) is 52.0 Å². The zero-order valence-electron chi connectivity index (χ0n) is 12.4. The lowest BCUT2D eigenvalue weighted by Crippen LogP contribution is -2.30. The maximum atomic E-state index is 9.75. The first kappa shape index (κ1) is 17.2. The van der Waals surface area contributed by atoms with Gasteiger partial charge < -0.3 is 15.6 Å². The smallest absolute Gasteiger partial charge is 0.187 e. The van der Waals surface area contributed by atoms with E-state index in [0.717, 1.165) is 15.8 Å². The molecule has 23 heavy (non-hydrogen) atoms. The zero-order chi connectivity index (χ0) is 16.8. The van der Waals surface area contributed by atoms with Crippen LogP contribution < -0.4 is 10.5 Å². The van der Waals surface area contributed by atoms with Crippen molar-refractivity contribution in [1.29, 1.82) is 0 Å². The van der Waals surface area contributed by atoms with E-state index in [1.807, 2.05) is 24.3 Å². The van der Waals surface area contributed by atoms with Crippen molar-refractivity contribution in [2.45, 2.75) is 6.54 Å². The van der Waals surface area contributed by atoms with E-state index >= 15 is 0 Å². The fraction of sp³-hybridized carbons (Fsp3) is 0.125. The summed E-state index contributed by atoms with van der Waals surface area (Å²) in [5.41, 5.74) is 7.27. The molecule has 0 radical (unpaired) electrons. The van der Waals surface area contributed by atoms with E-state index in [-0.39, 0.29) is 10.9 Å². The van der Waals surface area contributed by atoms with Gasteiger partial charge in [0.15, 0.2) is 5.11 Å². The average molecular weight is 394 g/mol. The molecule has 0 heterocycles. The van der Waals surface area contributed by atoms with Crippen molar-refractivity contribution in [1.82, 2.24) is 5.01 Å². The quantitative estimate of drug-likeness (QED) is 0.463. The molecule has 0 amide bonds. The zero-order valence-corrected chi connectivity index (χ0v) is 14.8. The van der Waals surface area contributed by atoms with Crippen LogP contribution in [0.5, 0.6) is 11.5 Å². The van der Waals surface area contributed by atoms with Gasteiger partial charge in [0.2, 0.25) is 0 Å². The lowest BCUT2D eigenvalue weighted by Gasteiger charge is -2.17. The Morgan fingerprint density at radius 3 is 2.74 bits per heavy atom. The molecule has 0 aliphatic heterocycles. The average Bonchev–Trinajstić information content (AvgIpc) is 2.52. The lowest BCUT2D eigenvalue weighted by atomic mass is 10.2. The first-order valence-corrected chi connectivity index (χ1v) is 7.92. The van der Waals surface area contributed by atoms with Crippen molar-refractivity contribution in [3.8, 4) is 11.5 Å². The second kappa shape index (κ2) is 7.94. The molecule has 0 bridgehead atoms. The van der Waals surface area contributed by atoms with E-state index in [1.54, 1.807) is 25.3 Å². The molecule has 0 aliphatic carbocycles. The van der Waals surface area contributed by atoms with Crippen LogP contribution in [0.1, 0.15) is 11.1 Å². The minimum Gasteiger partial charge on any atom is -0.507 e. The molecule has 2 aromatic rings. The van der Waals surface area contributed by atoms with Crippen LogP contribution in [0, 0.1) is 0 Å². The minimum atomic E-state index is 0.142. The van der Waals surface area contributed by atoms with Gasteiger partial charge in [0.05, 0.1) is 24.3 Å². The Balaban J connectivity index is 2.18. The molecule has 0 aromatic heterocycles. The molecule has 2 aromatic carbocycles. The third-order valence-corrected chi connectivity index (χ3v) is 3.91. The molecule has 0 saturated carbocycles. The van der Waals surface area contributed by atoms with E-state index in [2.05, 4.69) is 21.0 Å². The number of methoxy groups -OCH3 is 1. The predicted octanol–water partition coefficient (Wildman–Crippen LogP) is 3.24. The maximum Gasteiger partial charge on any atom is 0.187 e. The fourth-order valence-corrected chi connectivity index (χ4v) is 2.59. The van der Waals surface area contributed by atoms with Gasteiger partial charge in [-0.1, -0.05) is 18.2 Å². The fourth-order valence-electron chi connectivity index (χ4n) is 1.89. The lowest BCUT2D eigenvalue weighted by molar-refractivity contribution is 0.410. The standard InChI is InChI=1S/C16H16BrN3O2S/c1-22-15-7-6-11(8-13(15)17)10-20(16(18)23)19-9-12-4-2-3-5-14(12)21/h2-9,21H,10H2,1H3,(H2,18,23)/b19-9-. The predicted molar refractivity (Wildman–Crippen MR) is 98.7 cm³/mol. The van der Waals surface area contributed by atoms with Gasteiger partial charge in [-0.3, -0.25) is 0 Å². The van der Waals surface area contributed by atoms with Crippen LogP contribution in [0.25, 0.3) is 0 Å². The first-order chi connectivity index (χ1) is 11.0. The molecule has 2 rings (SSSR count). The van der Waals surface area contributed by atoms with Gasteiger partial charge in [0.1, 0.15) is 11.5 Å². The van der Waals surface area contributed by atoms with E-state index in [1.165, 1.54) is 11.2 Å². The number of ether oxygens (including phenoxy) is 1. The number of hydrazone groups is 1. The highest BCUT2D eigenvalue weighted by molar-refractivity contribution is 9.10. The molecule has 0 saturated heterocycles. The van der Waals surface area contributed by atoms with Crippen molar-refractivity contribution in [3.05, 3.63) is 58.1 Å². The molecule has 0 unspecified atom stereocenters. The number of halogens is 1. The van der Waals surface area contributed by atoms with Crippen molar-refractivity contribution in [2.75, 3.05) is 7.11 Å². The number of hydrogen-bond acceptors (Lipinski definition) is 4. The number of thiocarbonyl (C=S) groups is 1. The Labute approximate surface area is 148 Å². The van der Waals surface area contributed by atoms with Gasteiger partial charge in [0, 0.05) is 5.56 Å². The topological polar surface area (TPSA) is 71.1 Å². The van der Waals surface area contributed by atoms with E-state index in [0.29, 0.717) is 12.1 Å². The summed E-state index contributed by atoms with van der Waals surface area (Å²) in [6, 6.07) is 12.6. The van der Waals surface area contributed by atoms with Crippen molar-refractivity contribution >= 4 is 39.5 Å². The van der Waals surface area contributed by atoms with Crippen LogP contribution in [0.2, 0.25) is 0 Å². The summed E-state index contributed by atoms with van der Waals surface area (Å²) in [6.07, 6.45) is 1.52. The van der Waals surface area contributed by atoms with E-state index in [4.69, 9.17) is 22.7 Å². The van der Waals surface area contributed by atoms with Crippen molar-refractivity contribution in [3.63, 3.8) is 0 Å². The molecule has 0 atom stereocenters. The van der Waals surface area contributed by atoms with Gasteiger partial charge in [-0.15, -0.1) is 0 Å². The molecule has 0 aliphatic rings. The molecular formula is C16H16BrN3O2S. The maximum absolute atomic E-state index is 9.75. The number of nitrogens with zero attached hydrogens (tertiary/aromatic N) is 2. The number of phenols is 1. The Morgan fingerprint density at radius 2 is 2.13 bits per heavy atom. The Kier molecular flexibility index (Phi) is 5.95. The number of phenolic OH excluding ortho intramolecular Hbond substituents is 1. The van der Waals surface area contributed by atoms with Crippen LogP contribution in [0.4, 0.5) is 0 Å². The van der Waals surface area contributed by atoms with Gasteiger partial charge in [-0.25, -0.2) is 5.01 Å². The second-order valence-corrected chi connectivity index (χ2v) is 5.94. The van der Waals surface area contributed by atoms with Gasteiger partial charge in [-0.05, 0) is 58.0 Å². The van der Waals surface area contributed by atoms with Crippen molar-refractivity contribution in [2.24, 2.45) is 10.8 Å². The molecule has 120 valence electrons. The number of rotatable bonds is 5. The Bertz CT molecular complexity index is 737. The SMILES string of the molecule is COc1ccc(CN(/N=C\c2ccccc2O)C(N)=S)cc1Br. The summed E-state index contributed by atoms with van der Waals surface area (Å²) in [6.45, 7) is 0.405. The van der Waals surface area contributed by atoms with Crippen molar-refractivity contribution < 1.29 is 9.84 Å². The Hall–Kier alpha value is -2.12. The molecule has 7 heteroatoms. The summed E-state index contributed by atoms with van der Waals surface area (Å²) in [5, 5.41) is 15.6. The molecular weight excluding hydrogens is 378 g/mol. The monoisotopic (exact) mass is 393 g/mol. The first-order valence-electron chi connectivity index (χ1n) is 6.72. The molecule has 3 N–H and O–H groups in total. The van der Waals surface area contributed by atoms with Crippen LogP contribution in [0.3, 0.4) is 0 Å².